The number of nitrogens with one attached hydrogen (secondary N) is 1. The number of ether oxygens (including phenoxy) is 1. The summed E-state index contributed by atoms with van der Waals surface area (Å²) in [6, 6.07) is 11.7. The van der Waals surface area contributed by atoms with Crippen molar-refractivity contribution in [2.45, 2.75) is 20.3 Å². The van der Waals surface area contributed by atoms with Crippen LogP contribution in [0.5, 0.6) is 0 Å². The summed E-state index contributed by atoms with van der Waals surface area (Å²) in [5, 5.41) is 2.70. The third kappa shape index (κ3) is 3.63. The number of imide groups is 1. The Labute approximate surface area is 191 Å². The number of aryl methyl sites for hydroxylation is 2. The summed E-state index contributed by atoms with van der Waals surface area (Å²) < 4.78 is 5.11. The van der Waals surface area contributed by atoms with Gasteiger partial charge < -0.3 is 10.1 Å². The van der Waals surface area contributed by atoms with Gasteiger partial charge in [0.15, 0.2) is 6.61 Å². The van der Waals surface area contributed by atoms with Crippen LogP contribution in [-0.4, -0.2) is 30.3 Å². The number of amides is 3. The van der Waals surface area contributed by atoms with E-state index in [0.717, 1.165) is 17.5 Å². The Bertz CT molecular complexity index is 1170. The van der Waals surface area contributed by atoms with Crippen LogP contribution in [0.1, 0.15) is 27.9 Å². The molecule has 1 saturated carbocycles. The number of hydrogen-bond donors (Lipinski definition) is 1. The molecule has 7 heteroatoms. The molecule has 3 amide bonds. The maximum atomic E-state index is 12.9. The van der Waals surface area contributed by atoms with Gasteiger partial charge in [-0.05, 0) is 79.6 Å². The predicted octanol–water partition coefficient (Wildman–Crippen LogP) is 3.41. The number of esters is 1. The zero-order valence-corrected chi connectivity index (χ0v) is 18.4. The Kier molecular flexibility index (Phi) is 5.12. The molecule has 2 aromatic carbocycles. The molecule has 33 heavy (non-hydrogen) atoms. The summed E-state index contributed by atoms with van der Waals surface area (Å²) in [5.41, 5.74) is 3.48. The number of anilines is 2. The lowest BCUT2D eigenvalue weighted by Gasteiger charge is -2.17. The van der Waals surface area contributed by atoms with E-state index >= 15 is 0 Å². The van der Waals surface area contributed by atoms with Crippen molar-refractivity contribution in [3.63, 3.8) is 0 Å². The van der Waals surface area contributed by atoms with E-state index in [0.29, 0.717) is 11.4 Å². The zero-order chi connectivity index (χ0) is 23.3. The maximum Gasteiger partial charge on any atom is 0.338 e. The van der Waals surface area contributed by atoms with Crippen molar-refractivity contribution in [3.8, 4) is 0 Å². The second-order valence-corrected chi connectivity index (χ2v) is 8.98. The van der Waals surface area contributed by atoms with Crippen molar-refractivity contribution in [2.75, 3.05) is 16.8 Å². The van der Waals surface area contributed by atoms with Crippen LogP contribution in [0.3, 0.4) is 0 Å². The zero-order valence-electron chi connectivity index (χ0n) is 18.4. The van der Waals surface area contributed by atoms with Gasteiger partial charge in [-0.25, -0.2) is 4.79 Å². The minimum absolute atomic E-state index is 0.144. The van der Waals surface area contributed by atoms with Gasteiger partial charge in [-0.1, -0.05) is 18.2 Å². The number of fused-ring (bicyclic) bond motifs is 5. The van der Waals surface area contributed by atoms with Gasteiger partial charge in [0, 0.05) is 5.69 Å². The molecule has 5 rings (SSSR count). The van der Waals surface area contributed by atoms with Gasteiger partial charge in [0.25, 0.3) is 5.91 Å². The van der Waals surface area contributed by atoms with Crippen LogP contribution in [0.15, 0.2) is 54.6 Å². The SMILES string of the molecule is Cc1ccc(NC(=O)COC(=O)c2ccc(N3C(=O)[C@@H]4[C@@H](C3=O)[C@H]3C=C[C@H]4C3)cc2)cc1C. The van der Waals surface area contributed by atoms with Gasteiger partial charge in [-0.2, -0.15) is 0 Å². The molecule has 1 N–H and O–H groups in total. The molecule has 2 bridgehead atoms. The van der Waals surface area contributed by atoms with Crippen molar-refractivity contribution in [1.29, 1.82) is 0 Å². The number of carbonyl (C=O) groups excluding carboxylic acids is 4. The van der Waals surface area contributed by atoms with Gasteiger partial charge in [-0.3, -0.25) is 19.3 Å². The van der Waals surface area contributed by atoms with Gasteiger partial charge in [0.2, 0.25) is 11.8 Å². The highest BCUT2D eigenvalue weighted by Gasteiger charge is 2.59. The second-order valence-electron chi connectivity index (χ2n) is 8.98. The standard InChI is InChI=1S/C26H24N2O5/c1-14-3-8-19(11-15(14)2)27-21(29)13-33-26(32)16-6-9-20(10-7-16)28-24(30)22-17-4-5-18(12-17)23(22)25(28)31/h3-11,17-18,22-23H,12-13H2,1-2H3,(H,27,29)/t17-,18-,22-,23-/m0/s1. The van der Waals surface area contributed by atoms with E-state index in [2.05, 4.69) is 17.5 Å². The lowest BCUT2D eigenvalue weighted by atomic mass is 9.85. The molecular formula is C26H24N2O5. The van der Waals surface area contributed by atoms with Crippen molar-refractivity contribution in [1.82, 2.24) is 0 Å². The summed E-state index contributed by atoms with van der Waals surface area (Å²) in [7, 11) is 0. The van der Waals surface area contributed by atoms with Gasteiger partial charge in [0.1, 0.15) is 0 Å². The van der Waals surface area contributed by atoms with Gasteiger partial charge in [0.05, 0.1) is 23.1 Å². The number of rotatable bonds is 5. The highest BCUT2D eigenvalue weighted by molar-refractivity contribution is 6.22. The molecule has 4 atom stereocenters. The first kappa shape index (κ1) is 21.1. The summed E-state index contributed by atoms with van der Waals surface area (Å²) in [5.74, 6) is -1.68. The number of benzene rings is 2. The molecule has 168 valence electrons. The van der Waals surface area contributed by atoms with Crippen molar-refractivity contribution in [3.05, 3.63) is 71.3 Å². The summed E-state index contributed by atoms with van der Waals surface area (Å²) >= 11 is 0. The third-order valence-electron chi connectivity index (χ3n) is 6.96. The first-order valence-electron chi connectivity index (χ1n) is 11.0. The van der Waals surface area contributed by atoms with E-state index in [-0.39, 0.29) is 41.0 Å². The van der Waals surface area contributed by atoms with Crippen LogP contribution in [0.4, 0.5) is 11.4 Å². The molecule has 2 aromatic rings. The first-order chi connectivity index (χ1) is 15.8. The van der Waals surface area contributed by atoms with E-state index in [1.165, 1.54) is 17.0 Å². The maximum absolute atomic E-state index is 12.9. The summed E-state index contributed by atoms with van der Waals surface area (Å²) in [4.78, 5) is 51.5. The van der Waals surface area contributed by atoms with Gasteiger partial charge >= 0.3 is 5.97 Å². The van der Waals surface area contributed by atoms with Crippen LogP contribution in [0, 0.1) is 37.5 Å². The molecule has 1 aliphatic heterocycles. The van der Waals surface area contributed by atoms with E-state index in [9.17, 15) is 19.2 Å². The normalized spacial score (nSPS) is 24.8. The number of hydrogen-bond acceptors (Lipinski definition) is 5. The Morgan fingerprint density at radius 1 is 0.939 bits per heavy atom. The van der Waals surface area contributed by atoms with Crippen molar-refractivity contribution >= 4 is 35.1 Å². The smallest absolute Gasteiger partial charge is 0.338 e. The fourth-order valence-electron chi connectivity index (χ4n) is 5.13. The van der Waals surface area contributed by atoms with E-state index < -0.39 is 18.5 Å². The molecule has 1 heterocycles. The monoisotopic (exact) mass is 444 g/mol. The number of nitrogens with zero attached hydrogens (tertiary/aromatic N) is 1. The van der Waals surface area contributed by atoms with Crippen LogP contribution in [-0.2, 0) is 19.1 Å². The Morgan fingerprint density at radius 2 is 1.58 bits per heavy atom. The molecule has 2 fully saturated rings. The van der Waals surface area contributed by atoms with Crippen LogP contribution >= 0.6 is 0 Å². The lowest BCUT2D eigenvalue weighted by Crippen LogP contribution is -2.32. The molecule has 0 radical (unpaired) electrons. The largest absolute Gasteiger partial charge is 0.452 e. The highest BCUT2D eigenvalue weighted by Crippen LogP contribution is 2.53. The molecule has 7 nitrogen and oxygen atoms in total. The Hall–Kier alpha value is -3.74. The van der Waals surface area contributed by atoms with Crippen molar-refractivity contribution < 1.29 is 23.9 Å². The van der Waals surface area contributed by atoms with E-state index in [1.807, 2.05) is 26.0 Å². The minimum Gasteiger partial charge on any atom is -0.452 e. The fourth-order valence-corrected chi connectivity index (χ4v) is 5.13. The van der Waals surface area contributed by atoms with Crippen LogP contribution < -0.4 is 10.2 Å². The Balaban J connectivity index is 1.20. The second kappa shape index (κ2) is 7.99. The highest BCUT2D eigenvalue weighted by atomic mass is 16.5. The van der Waals surface area contributed by atoms with Crippen LogP contribution in [0.2, 0.25) is 0 Å². The third-order valence-corrected chi connectivity index (χ3v) is 6.96. The first-order valence-corrected chi connectivity index (χ1v) is 11.0. The summed E-state index contributed by atoms with van der Waals surface area (Å²) in [6.45, 7) is 3.51. The average molecular weight is 444 g/mol. The number of carbonyl (C=O) groups is 4. The molecule has 1 saturated heterocycles. The van der Waals surface area contributed by atoms with E-state index in [1.54, 1.807) is 18.2 Å². The molecule has 3 aliphatic rings. The Morgan fingerprint density at radius 3 is 2.18 bits per heavy atom. The molecule has 2 aliphatic carbocycles. The average Bonchev–Trinajstić information content (AvgIpc) is 3.48. The summed E-state index contributed by atoms with van der Waals surface area (Å²) in [6.07, 6.45) is 4.98. The molecular weight excluding hydrogens is 420 g/mol. The van der Waals surface area contributed by atoms with Gasteiger partial charge in [-0.15, -0.1) is 0 Å². The quantitative estimate of drug-likeness (QED) is 0.433. The predicted molar refractivity (Wildman–Crippen MR) is 121 cm³/mol. The lowest BCUT2D eigenvalue weighted by molar-refractivity contribution is -0.123. The topological polar surface area (TPSA) is 92.8 Å². The minimum atomic E-state index is -0.657. The number of allylic oxidation sites excluding steroid dienone is 2. The molecule has 0 aromatic heterocycles. The molecule has 0 unspecified atom stereocenters. The fraction of sp³-hybridized carbons (Fsp3) is 0.308. The molecule has 0 spiro atoms. The van der Waals surface area contributed by atoms with Crippen LogP contribution in [0.25, 0.3) is 0 Å². The van der Waals surface area contributed by atoms with E-state index in [4.69, 9.17) is 4.74 Å². The van der Waals surface area contributed by atoms with Crippen molar-refractivity contribution in [2.24, 2.45) is 23.7 Å².